The minimum absolute atomic E-state index is 0.137. The van der Waals surface area contributed by atoms with Crippen LogP contribution in [0.3, 0.4) is 0 Å². The van der Waals surface area contributed by atoms with Gasteiger partial charge in [0.05, 0.1) is 0 Å². The minimum Gasteiger partial charge on any atom is -0.287 e. The summed E-state index contributed by atoms with van der Waals surface area (Å²) in [6.07, 6.45) is 28.2. The number of rotatable bonds is 23. The molecule has 174 valence electrons. The van der Waals surface area contributed by atoms with Gasteiger partial charge in [-0.05, 0) is 19.3 Å². The first-order valence-corrected chi connectivity index (χ1v) is 13.8. The second-order valence-corrected chi connectivity index (χ2v) is 9.90. The Morgan fingerprint density at radius 3 is 0.966 bits per heavy atom. The number of thiol groups is 1. The third-order valence-electron chi connectivity index (χ3n) is 6.73. The van der Waals surface area contributed by atoms with Gasteiger partial charge in [0.1, 0.15) is 0 Å². The highest BCUT2D eigenvalue weighted by Gasteiger charge is 2.34. The predicted octanol–water partition coefficient (Wildman–Crippen LogP) is 10.1. The Kier molecular flexibility index (Phi) is 21.3. The molecule has 0 aromatic heterocycles. The molecule has 0 aliphatic rings. The maximum atomic E-state index is 12.7. The van der Waals surface area contributed by atoms with E-state index in [1.807, 2.05) is 0 Å². The topological polar surface area (TPSA) is 17.1 Å². The van der Waals surface area contributed by atoms with E-state index in [4.69, 9.17) is 0 Å². The summed E-state index contributed by atoms with van der Waals surface area (Å²) in [5.41, 5.74) is -0.137. The van der Waals surface area contributed by atoms with Gasteiger partial charge in [-0.2, -0.15) is 0 Å². The highest BCUT2D eigenvalue weighted by molar-refractivity contribution is 7.96. The summed E-state index contributed by atoms with van der Waals surface area (Å²) in [6.45, 7) is 6.82. The third-order valence-corrected chi connectivity index (χ3v) is 7.20. The fourth-order valence-electron chi connectivity index (χ4n) is 4.60. The van der Waals surface area contributed by atoms with Crippen LogP contribution >= 0.6 is 12.6 Å². The van der Waals surface area contributed by atoms with Gasteiger partial charge in [-0.25, -0.2) is 0 Å². The minimum atomic E-state index is -0.137. The lowest BCUT2D eigenvalue weighted by Gasteiger charge is -2.31. The number of hydrogen-bond acceptors (Lipinski definition) is 1. The Bertz CT molecular complexity index is 336. The van der Waals surface area contributed by atoms with Crippen molar-refractivity contribution in [2.45, 2.75) is 162 Å². The second-order valence-electron chi connectivity index (χ2n) is 9.49. The third kappa shape index (κ3) is 16.4. The molecule has 0 aliphatic heterocycles. The van der Waals surface area contributed by atoms with Gasteiger partial charge in [-0.1, -0.05) is 143 Å². The molecule has 0 saturated heterocycles. The summed E-state index contributed by atoms with van der Waals surface area (Å²) < 4.78 is 0. The van der Waals surface area contributed by atoms with Crippen LogP contribution in [0.1, 0.15) is 162 Å². The van der Waals surface area contributed by atoms with Crippen molar-refractivity contribution in [3.05, 3.63) is 0 Å². The normalized spacial score (nSPS) is 11.9. The summed E-state index contributed by atoms with van der Waals surface area (Å²) in [4.78, 5) is 12.7. The number of unbranched alkanes of at least 4 members (excludes halogenated alkanes) is 16. The van der Waals surface area contributed by atoms with Gasteiger partial charge in [-0.3, -0.25) is 4.79 Å². The molecule has 0 unspecified atom stereocenters. The van der Waals surface area contributed by atoms with E-state index >= 15 is 0 Å². The first-order chi connectivity index (χ1) is 14.1. The van der Waals surface area contributed by atoms with E-state index in [2.05, 4.69) is 33.4 Å². The Morgan fingerprint density at radius 2 is 0.724 bits per heavy atom. The maximum absolute atomic E-state index is 12.7. The summed E-state index contributed by atoms with van der Waals surface area (Å²) in [6, 6.07) is 0. The van der Waals surface area contributed by atoms with Crippen molar-refractivity contribution in [3.8, 4) is 0 Å². The Balaban J connectivity index is 4.46. The van der Waals surface area contributed by atoms with Crippen molar-refractivity contribution in [1.29, 1.82) is 0 Å². The Morgan fingerprint density at radius 1 is 0.483 bits per heavy atom. The molecule has 0 heterocycles. The molecule has 1 nitrogen and oxygen atoms in total. The van der Waals surface area contributed by atoms with Crippen LogP contribution in [-0.4, -0.2) is 5.12 Å². The molecule has 0 N–H and O–H groups in total. The quantitative estimate of drug-likeness (QED) is 0.127. The first-order valence-electron chi connectivity index (χ1n) is 13.4. The molecule has 0 saturated carbocycles. The number of carbonyl (C=O) groups excluding carboxylic acids is 1. The van der Waals surface area contributed by atoms with E-state index in [0.29, 0.717) is 0 Å². The zero-order chi connectivity index (χ0) is 21.6. The van der Waals surface area contributed by atoms with Crippen molar-refractivity contribution >= 4 is 17.7 Å². The lowest BCUT2D eigenvalue weighted by molar-refractivity contribution is -0.121. The monoisotopic (exact) mass is 426 g/mol. The lowest BCUT2D eigenvalue weighted by atomic mass is 9.75. The van der Waals surface area contributed by atoms with Crippen LogP contribution in [0, 0.1) is 5.41 Å². The van der Waals surface area contributed by atoms with Crippen molar-refractivity contribution in [2.75, 3.05) is 0 Å². The molecule has 0 fully saturated rings. The summed E-state index contributed by atoms with van der Waals surface area (Å²) >= 11 is 4.43. The molecule has 0 aliphatic carbocycles. The van der Waals surface area contributed by atoms with E-state index < -0.39 is 0 Å². The van der Waals surface area contributed by atoms with E-state index in [1.54, 1.807) is 0 Å². The molecule has 0 aromatic rings. The zero-order valence-electron chi connectivity index (χ0n) is 20.4. The van der Waals surface area contributed by atoms with E-state index in [-0.39, 0.29) is 10.5 Å². The Hall–Kier alpha value is 0.0200. The number of carbonyl (C=O) groups is 1. The fourth-order valence-corrected chi connectivity index (χ4v) is 4.94. The van der Waals surface area contributed by atoms with Gasteiger partial charge in [0, 0.05) is 5.41 Å². The average Bonchev–Trinajstić information content (AvgIpc) is 2.71. The molecule has 0 aromatic carbocycles. The van der Waals surface area contributed by atoms with E-state index in [9.17, 15) is 4.79 Å². The summed E-state index contributed by atoms with van der Waals surface area (Å²) in [7, 11) is 0. The van der Waals surface area contributed by atoms with Crippen LogP contribution in [0.5, 0.6) is 0 Å². The molecular weight excluding hydrogens is 372 g/mol. The smallest absolute Gasteiger partial charge is 0.192 e. The Labute approximate surface area is 190 Å². The van der Waals surface area contributed by atoms with Crippen LogP contribution in [0.25, 0.3) is 0 Å². The van der Waals surface area contributed by atoms with Crippen LogP contribution in [0.4, 0.5) is 0 Å². The molecule has 0 spiro atoms. The van der Waals surface area contributed by atoms with Crippen molar-refractivity contribution in [2.24, 2.45) is 5.41 Å². The summed E-state index contributed by atoms with van der Waals surface area (Å²) in [5, 5.41) is 0.186. The van der Waals surface area contributed by atoms with Gasteiger partial charge in [0.15, 0.2) is 5.12 Å². The van der Waals surface area contributed by atoms with Gasteiger partial charge < -0.3 is 0 Å². The van der Waals surface area contributed by atoms with Gasteiger partial charge in [0.2, 0.25) is 0 Å². The molecule has 0 radical (unpaired) electrons. The van der Waals surface area contributed by atoms with Gasteiger partial charge in [-0.15, -0.1) is 12.6 Å². The number of hydrogen-bond donors (Lipinski definition) is 1. The standard InChI is InChI=1S/C27H54OS/c1-4-7-10-13-16-19-22-25-27(26(28)29,23-20-17-14-11-8-5-2)24-21-18-15-12-9-6-3/h4-25H2,1-3H3,(H,28,29). The maximum Gasteiger partial charge on any atom is 0.192 e. The molecule has 0 bridgehead atoms. The zero-order valence-corrected chi connectivity index (χ0v) is 21.3. The van der Waals surface area contributed by atoms with Crippen molar-refractivity contribution in [1.82, 2.24) is 0 Å². The summed E-state index contributed by atoms with van der Waals surface area (Å²) in [5.74, 6) is 0. The predicted molar refractivity (Wildman–Crippen MR) is 135 cm³/mol. The molecular formula is C27H54OS. The molecule has 0 atom stereocenters. The van der Waals surface area contributed by atoms with E-state index in [0.717, 1.165) is 19.3 Å². The average molecular weight is 427 g/mol. The van der Waals surface area contributed by atoms with Gasteiger partial charge >= 0.3 is 0 Å². The highest BCUT2D eigenvalue weighted by atomic mass is 32.1. The van der Waals surface area contributed by atoms with Crippen LogP contribution in [0.15, 0.2) is 0 Å². The van der Waals surface area contributed by atoms with Crippen molar-refractivity contribution in [3.63, 3.8) is 0 Å². The second kappa shape index (κ2) is 21.3. The lowest BCUT2D eigenvalue weighted by Crippen LogP contribution is -2.28. The van der Waals surface area contributed by atoms with Crippen LogP contribution in [-0.2, 0) is 4.79 Å². The van der Waals surface area contributed by atoms with Crippen LogP contribution in [0.2, 0.25) is 0 Å². The van der Waals surface area contributed by atoms with E-state index in [1.165, 1.54) is 122 Å². The molecule has 2 heteroatoms. The van der Waals surface area contributed by atoms with Gasteiger partial charge in [0.25, 0.3) is 0 Å². The highest BCUT2D eigenvalue weighted by Crippen LogP contribution is 2.39. The fraction of sp³-hybridized carbons (Fsp3) is 0.963. The van der Waals surface area contributed by atoms with Crippen LogP contribution < -0.4 is 0 Å². The molecule has 0 amide bonds. The first kappa shape index (κ1) is 29.0. The van der Waals surface area contributed by atoms with Crippen molar-refractivity contribution < 1.29 is 4.79 Å². The SMILES string of the molecule is CCCCCCCCCC(CCCCCCCC)(CCCCCCCC)C(=O)S. The molecule has 29 heavy (non-hydrogen) atoms. The largest absolute Gasteiger partial charge is 0.287 e. The molecule has 0 rings (SSSR count).